The van der Waals surface area contributed by atoms with Crippen LogP contribution in [0, 0.1) is 6.92 Å². The van der Waals surface area contributed by atoms with Crippen LogP contribution in [0.5, 0.6) is 5.75 Å². The summed E-state index contributed by atoms with van der Waals surface area (Å²) in [5.41, 5.74) is 5.65. The van der Waals surface area contributed by atoms with E-state index in [1.165, 1.54) is 16.9 Å². The lowest BCUT2D eigenvalue weighted by molar-refractivity contribution is 0.406. The van der Waals surface area contributed by atoms with Gasteiger partial charge in [-0.2, -0.15) is 0 Å². The van der Waals surface area contributed by atoms with Crippen LogP contribution in [0.4, 0.5) is 11.4 Å². The van der Waals surface area contributed by atoms with Gasteiger partial charge in [-0.1, -0.05) is 0 Å². The minimum Gasteiger partial charge on any atom is -0.491 e. The van der Waals surface area contributed by atoms with Gasteiger partial charge in [-0.15, -0.1) is 0 Å². The first-order valence-electron chi connectivity index (χ1n) is 7.84. The highest BCUT2D eigenvalue weighted by Crippen LogP contribution is 2.43. The maximum Gasteiger partial charge on any atom is 0.291 e. The minimum atomic E-state index is -0.134. The number of hydrogen-bond acceptors (Lipinski definition) is 4. The normalized spacial score (nSPS) is 16.9. The van der Waals surface area contributed by atoms with Gasteiger partial charge in [0.25, 0.3) is 5.56 Å². The third-order valence-corrected chi connectivity index (χ3v) is 5.06. The summed E-state index contributed by atoms with van der Waals surface area (Å²) in [6.07, 6.45) is 2.16. The van der Waals surface area contributed by atoms with E-state index < -0.39 is 0 Å². The Bertz CT molecular complexity index is 825. The summed E-state index contributed by atoms with van der Waals surface area (Å²) in [4.78, 5) is 20.1. The average Bonchev–Trinajstić information content (AvgIpc) is 2.52. The van der Waals surface area contributed by atoms with Crippen molar-refractivity contribution in [1.82, 2.24) is 4.98 Å². The number of nitrogens with zero attached hydrogens (tertiary/aromatic N) is 2. The topological polar surface area (TPSA) is 48.6 Å². The number of nitrogens with one attached hydrogen (secondary N) is 1. The molecule has 116 valence electrons. The fourth-order valence-electron chi connectivity index (χ4n) is 3.92. The van der Waals surface area contributed by atoms with Gasteiger partial charge in [0, 0.05) is 43.2 Å². The lowest BCUT2D eigenvalue weighted by Crippen LogP contribution is -2.42. The number of rotatable bonds is 1. The van der Waals surface area contributed by atoms with Gasteiger partial charge in [-0.05, 0) is 25.8 Å². The zero-order valence-corrected chi connectivity index (χ0v) is 13.3. The summed E-state index contributed by atoms with van der Waals surface area (Å²) in [6, 6.07) is 2.21. The van der Waals surface area contributed by atoms with Crippen LogP contribution in [0.2, 0.25) is 0 Å². The van der Waals surface area contributed by atoms with Crippen molar-refractivity contribution >= 4 is 22.3 Å². The number of likely N-dealkylation sites (N-methyl/N-ethyl adjacent to an activating group) is 1. The van der Waals surface area contributed by atoms with Gasteiger partial charge in [0.1, 0.15) is 0 Å². The molecule has 0 saturated heterocycles. The van der Waals surface area contributed by atoms with Crippen LogP contribution in [0.15, 0.2) is 10.9 Å². The van der Waals surface area contributed by atoms with Crippen molar-refractivity contribution in [1.29, 1.82) is 0 Å². The molecule has 5 heteroatoms. The molecule has 0 unspecified atom stereocenters. The lowest BCUT2D eigenvalue weighted by atomic mass is 9.93. The molecular weight excluding hydrogens is 278 g/mol. The van der Waals surface area contributed by atoms with Crippen LogP contribution in [-0.2, 0) is 6.42 Å². The van der Waals surface area contributed by atoms with Crippen molar-refractivity contribution in [3.63, 3.8) is 0 Å². The summed E-state index contributed by atoms with van der Waals surface area (Å²) in [5.74, 6) is 0.422. The Morgan fingerprint density at radius 3 is 2.86 bits per heavy atom. The first kappa shape index (κ1) is 13.5. The highest BCUT2D eigenvalue weighted by atomic mass is 16.5. The van der Waals surface area contributed by atoms with Gasteiger partial charge in [0.05, 0.1) is 24.0 Å². The van der Waals surface area contributed by atoms with E-state index in [9.17, 15) is 4.79 Å². The number of aryl methyl sites for hydroxylation is 2. The highest BCUT2D eigenvalue weighted by Gasteiger charge is 2.29. The van der Waals surface area contributed by atoms with E-state index in [0.717, 1.165) is 48.9 Å². The predicted molar refractivity (Wildman–Crippen MR) is 89.7 cm³/mol. The average molecular weight is 299 g/mol. The number of ether oxygens (including phenoxy) is 1. The second-order valence-corrected chi connectivity index (χ2v) is 6.27. The molecule has 2 aliphatic rings. The third-order valence-electron chi connectivity index (χ3n) is 5.06. The maximum absolute atomic E-state index is 12.3. The van der Waals surface area contributed by atoms with E-state index in [1.807, 2.05) is 6.92 Å². The number of anilines is 2. The summed E-state index contributed by atoms with van der Waals surface area (Å²) < 4.78 is 5.30. The Labute approximate surface area is 129 Å². The zero-order chi connectivity index (χ0) is 15.4. The number of hydrogen-bond donors (Lipinski definition) is 1. The maximum atomic E-state index is 12.3. The smallest absolute Gasteiger partial charge is 0.291 e. The van der Waals surface area contributed by atoms with Crippen molar-refractivity contribution in [3.05, 3.63) is 27.5 Å². The van der Waals surface area contributed by atoms with E-state index in [2.05, 4.69) is 27.9 Å². The first-order chi connectivity index (χ1) is 10.6. The molecule has 0 bridgehead atoms. The molecule has 1 aromatic heterocycles. The summed E-state index contributed by atoms with van der Waals surface area (Å²) in [6.45, 7) is 5.18. The minimum absolute atomic E-state index is 0.134. The second kappa shape index (κ2) is 4.66. The van der Waals surface area contributed by atoms with Crippen LogP contribution in [0.3, 0.4) is 0 Å². The van der Waals surface area contributed by atoms with E-state index in [-0.39, 0.29) is 5.56 Å². The van der Waals surface area contributed by atoms with Gasteiger partial charge in [0.2, 0.25) is 0 Å². The number of methoxy groups -OCH3 is 1. The lowest BCUT2D eigenvalue weighted by Gasteiger charge is -2.41. The number of aromatic amines is 1. The molecule has 4 rings (SSSR count). The molecule has 0 fully saturated rings. The van der Waals surface area contributed by atoms with Crippen LogP contribution in [-0.4, -0.2) is 38.8 Å². The Kier molecular flexibility index (Phi) is 2.86. The molecule has 0 radical (unpaired) electrons. The SMILES string of the molecule is COc1c(C)c2cc3c4c(c2[nH]c1=O)CCCN4CCN3C. The number of benzene rings is 1. The molecule has 5 nitrogen and oxygen atoms in total. The van der Waals surface area contributed by atoms with E-state index >= 15 is 0 Å². The fourth-order valence-corrected chi connectivity index (χ4v) is 3.92. The first-order valence-corrected chi connectivity index (χ1v) is 7.84. The predicted octanol–water partition coefficient (Wildman–Crippen LogP) is 2.05. The van der Waals surface area contributed by atoms with Gasteiger partial charge in [0.15, 0.2) is 5.75 Å². The van der Waals surface area contributed by atoms with Crippen molar-refractivity contribution < 1.29 is 4.74 Å². The van der Waals surface area contributed by atoms with Gasteiger partial charge < -0.3 is 19.5 Å². The summed E-state index contributed by atoms with van der Waals surface area (Å²) in [5, 5.41) is 1.10. The van der Waals surface area contributed by atoms with Gasteiger partial charge in [-0.25, -0.2) is 0 Å². The molecule has 1 N–H and O–H groups in total. The van der Waals surface area contributed by atoms with E-state index in [4.69, 9.17) is 4.74 Å². The Hall–Kier alpha value is -2.17. The number of fused-ring (bicyclic) bond motifs is 2. The van der Waals surface area contributed by atoms with Crippen molar-refractivity contribution in [3.8, 4) is 5.75 Å². The van der Waals surface area contributed by atoms with Crippen molar-refractivity contribution in [2.24, 2.45) is 0 Å². The molecule has 0 aliphatic carbocycles. The molecule has 3 heterocycles. The molecule has 2 aromatic rings. The molecular formula is C17H21N3O2. The van der Waals surface area contributed by atoms with Crippen LogP contribution in [0.1, 0.15) is 17.5 Å². The quantitative estimate of drug-likeness (QED) is 0.875. The van der Waals surface area contributed by atoms with E-state index in [0.29, 0.717) is 5.75 Å². The molecule has 0 spiro atoms. The van der Waals surface area contributed by atoms with Crippen molar-refractivity contribution in [2.45, 2.75) is 19.8 Å². The second-order valence-electron chi connectivity index (χ2n) is 6.27. The standard InChI is InChI=1S/C17H21N3O2/c1-10-12-9-13-15-11(14(12)18-17(21)16(10)22-3)5-4-6-20(15)8-7-19(13)2/h9H,4-8H2,1-3H3,(H,18,21). The molecule has 0 saturated carbocycles. The largest absolute Gasteiger partial charge is 0.491 e. The van der Waals surface area contributed by atoms with Crippen LogP contribution < -0.4 is 20.1 Å². The van der Waals surface area contributed by atoms with Crippen LogP contribution >= 0.6 is 0 Å². The highest BCUT2D eigenvalue weighted by molar-refractivity contribution is 5.98. The van der Waals surface area contributed by atoms with Gasteiger partial charge >= 0.3 is 0 Å². The van der Waals surface area contributed by atoms with Crippen LogP contribution in [0.25, 0.3) is 10.9 Å². The van der Waals surface area contributed by atoms with Gasteiger partial charge in [-0.3, -0.25) is 4.79 Å². The Balaban J connectivity index is 2.14. The molecule has 0 amide bonds. The fraction of sp³-hybridized carbons (Fsp3) is 0.471. The van der Waals surface area contributed by atoms with Crippen molar-refractivity contribution in [2.75, 3.05) is 43.6 Å². The monoisotopic (exact) mass is 299 g/mol. The zero-order valence-electron chi connectivity index (χ0n) is 13.3. The number of H-pyrrole nitrogens is 1. The Morgan fingerprint density at radius 2 is 2.09 bits per heavy atom. The summed E-state index contributed by atoms with van der Waals surface area (Å²) in [7, 11) is 3.70. The Morgan fingerprint density at radius 1 is 1.27 bits per heavy atom. The number of pyridine rings is 1. The molecule has 0 atom stereocenters. The number of aromatic nitrogens is 1. The van der Waals surface area contributed by atoms with E-state index in [1.54, 1.807) is 7.11 Å². The summed E-state index contributed by atoms with van der Waals surface area (Å²) >= 11 is 0. The molecule has 22 heavy (non-hydrogen) atoms. The third kappa shape index (κ3) is 1.68. The molecule has 1 aromatic carbocycles. The molecule has 2 aliphatic heterocycles.